The summed E-state index contributed by atoms with van der Waals surface area (Å²) in [4.78, 5) is 25.5. The van der Waals surface area contributed by atoms with Gasteiger partial charge in [-0.2, -0.15) is 5.10 Å². The lowest BCUT2D eigenvalue weighted by atomic mass is 10.1. The second-order valence-corrected chi connectivity index (χ2v) is 8.12. The van der Waals surface area contributed by atoms with E-state index in [4.69, 9.17) is 0 Å². The molecule has 5 nitrogen and oxygen atoms in total. The molecular weight excluding hydrogens is 462 g/mol. The van der Waals surface area contributed by atoms with Crippen molar-refractivity contribution in [3.05, 3.63) is 67.5 Å². The largest absolute Gasteiger partial charge is 0.320 e. The molecule has 2 aromatic carbocycles. The molecule has 3 aromatic rings. The van der Waals surface area contributed by atoms with Gasteiger partial charge in [-0.05, 0) is 46.1 Å². The van der Waals surface area contributed by atoms with Gasteiger partial charge in [-0.15, -0.1) is 0 Å². The number of nitrogens with one attached hydrogen (secondary N) is 1. The van der Waals surface area contributed by atoms with E-state index in [1.165, 1.54) is 4.68 Å². The summed E-state index contributed by atoms with van der Waals surface area (Å²) in [6.07, 6.45) is 0. The van der Waals surface area contributed by atoms with Crippen LogP contribution in [0, 0.1) is 5.92 Å². The second kappa shape index (κ2) is 7.72. The third-order valence-electron chi connectivity index (χ3n) is 3.80. The zero-order valence-electron chi connectivity index (χ0n) is 14.3. The fourth-order valence-electron chi connectivity index (χ4n) is 2.64. The molecule has 0 spiro atoms. The van der Waals surface area contributed by atoms with Gasteiger partial charge in [0, 0.05) is 20.9 Å². The molecule has 7 heteroatoms. The van der Waals surface area contributed by atoms with Crippen molar-refractivity contribution >= 4 is 54.2 Å². The minimum absolute atomic E-state index is 0.185. The lowest BCUT2D eigenvalue weighted by Gasteiger charge is -2.13. The van der Waals surface area contributed by atoms with Gasteiger partial charge in [0.1, 0.15) is 0 Å². The van der Waals surface area contributed by atoms with Crippen molar-refractivity contribution in [3.63, 3.8) is 0 Å². The van der Waals surface area contributed by atoms with E-state index in [9.17, 15) is 9.59 Å². The van der Waals surface area contributed by atoms with Crippen LogP contribution >= 0.6 is 31.9 Å². The molecule has 0 unspecified atom stereocenters. The zero-order valence-corrected chi connectivity index (χ0v) is 17.5. The number of fused-ring (bicyclic) bond motifs is 1. The van der Waals surface area contributed by atoms with Crippen molar-refractivity contribution in [2.24, 2.45) is 5.92 Å². The van der Waals surface area contributed by atoms with Gasteiger partial charge in [0.05, 0.1) is 11.1 Å². The number of anilines is 1. The van der Waals surface area contributed by atoms with E-state index < -0.39 is 0 Å². The first-order valence-corrected chi connectivity index (χ1v) is 9.71. The first-order valence-electron chi connectivity index (χ1n) is 8.13. The van der Waals surface area contributed by atoms with Crippen LogP contribution in [0.25, 0.3) is 10.8 Å². The summed E-state index contributed by atoms with van der Waals surface area (Å²) in [6.45, 7) is 4.45. The standard InChI is InChI=1S/C19H17Br2N3O2/c1-11(2)10-24-19(26)14-6-4-3-5-13(14)17(23-24)18(25)22-16-8-7-12(20)9-15(16)21/h3-9,11H,10H2,1-2H3,(H,22,25). The average molecular weight is 479 g/mol. The number of aromatic nitrogens is 2. The maximum atomic E-state index is 12.9. The van der Waals surface area contributed by atoms with Crippen molar-refractivity contribution in [1.29, 1.82) is 0 Å². The minimum Gasteiger partial charge on any atom is -0.320 e. The molecule has 0 bridgehead atoms. The normalized spacial score (nSPS) is 11.1. The summed E-state index contributed by atoms with van der Waals surface area (Å²) < 4.78 is 3.02. The van der Waals surface area contributed by atoms with Gasteiger partial charge in [-0.3, -0.25) is 9.59 Å². The van der Waals surface area contributed by atoms with Crippen molar-refractivity contribution in [3.8, 4) is 0 Å². The van der Waals surface area contributed by atoms with E-state index >= 15 is 0 Å². The number of amides is 1. The Bertz CT molecular complexity index is 1040. The van der Waals surface area contributed by atoms with Crippen LogP contribution in [0.5, 0.6) is 0 Å². The van der Waals surface area contributed by atoms with Crippen LogP contribution in [-0.4, -0.2) is 15.7 Å². The molecule has 26 heavy (non-hydrogen) atoms. The SMILES string of the molecule is CC(C)Cn1nc(C(=O)Nc2ccc(Br)cc2Br)c2ccccc2c1=O. The Hall–Kier alpha value is -1.99. The van der Waals surface area contributed by atoms with Crippen LogP contribution in [0.15, 0.2) is 56.2 Å². The van der Waals surface area contributed by atoms with Crippen LogP contribution in [0.2, 0.25) is 0 Å². The molecule has 0 radical (unpaired) electrons. The predicted octanol–water partition coefficient (Wildman–Crippen LogP) is 4.83. The van der Waals surface area contributed by atoms with Crippen molar-refractivity contribution in [1.82, 2.24) is 9.78 Å². The Balaban J connectivity index is 2.09. The Morgan fingerprint density at radius 2 is 1.85 bits per heavy atom. The van der Waals surface area contributed by atoms with Gasteiger partial charge >= 0.3 is 0 Å². The van der Waals surface area contributed by atoms with Gasteiger partial charge in [-0.25, -0.2) is 4.68 Å². The third-order valence-corrected chi connectivity index (χ3v) is 4.95. The van der Waals surface area contributed by atoms with Crippen LogP contribution in [0.1, 0.15) is 24.3 Å². The first-order chi connectivity index (χ1) is 12.4. The summed E-state index contributed by atoms with van der Waals surface area (Å²) >= 11 is 6.82. The van der Waals surface area contributed by atoms with Crippen molar-refractivity contribution < 1.29 is 4.79 Å². The summed E-state index contributed by atoms with van der Waals surface area (Å²) in [7, 11) is 0. The van der Waals surface area contributed by atoms with Crippen LogP contribution in [0.3, 0.4) is 0 Å². The molecule has 134 valence electrons. The van der Waals surface area contributed by atoms with Crippen LogP contribution < -0.4 is 10.9 Å². The molecule has 0 aliphatic heterocycles. The highest BCUT2D eigenvalue weighted by Gasteiger charge is 2.18. The number of hydrogen-bond acceptors (Lipinski definition) is 3. The minimum atomic E-state index is -0.360. The molecule has 0 fully saturated rings. The lowest BCUT2D eigenvalue weighted by molar-refractivity contribution is 0.102. The van der Waals surface area contributed by atoms with Gasteiger partial charge < -0.3 is 5.32 Å². The number of halogens is 2. The highest BCUT2D eigenvalue weighted by atomic mass is 79.9. The highest BCUT2D eigenvalue weighted by Crippen LogP contribution is 2.27. The van der Waals surface area contributed by atoms with E-state index in [0.717, 1.165) is 8.95 Å². The van der Waals surface area contributed by atoms with E-state index in [1.54, 1.807) is 30.3 Å². The monoisotopic (exact) mass is 477 g/mol. The highest BCUT2D eigenvalue weighted by molar-refractivity contribution is 9.11. The first kappa shape index (κ1) is 18.8. The molecule has 0 aliphatic carbocycles. The smallest absolute Gasteiger partial charge is 0.276 e. The zero-order chi connectivity index (χ0) is 18.8. The molecule has 1 amide bonds. The molecule has 1 aromatic heterocycles. The summed E-state index contributed by atoms with van der Waals surface area (Å²) in [5.41, 5.74) is 0.678. The lowest BCUT2D eigenvalue weighted by Crippen LogP contribution is -2.29. The fourth-order valence-corrected chi connectivity index (χ4v) is 3.79. The number of carbonyl (C=O) groups excluding carboxylic acids is 1. The number of rotatable bonds is 4. The quantitative estimate of drug-likeness (QED) is 0.584. The van der Waals surface area contributed by atoms with E-state index in [0.29, 0.717) is 23.0 Å². The van der Waals surface area contributed by atoms with Crippen molar-refractivity contribution in [2.45, 2.75) is 20.4 Å². The molecule has 0 saturated carbocycles. The number of hydrogen-bond donors (Lipinski definition) is 1. The van der Waals surface area contributed by atoms with Gasteiger partial charge in [0.15, 0.2) is 5.69 Å². The average Bonchev–Trinajstić information content (AvgIpc) is 2.59. The van der Waals surface area contributed by atoms with Gasteiger partial charge in [0.25, 0.3) is 11.5 Å². The van der Waals surface area contributed by atoms with E-state index in [2.05, 4.69) is 42.3 Å². The number of benzene rings is 2. The fraction of sp³-hybridized carbons (Fsp3) is 0.211. The van der Waals surface area contributed by atoms with Gasteiger partial charge in [0.2, 0.25) is 0 Å². The Kier molecular flexibility index (Phi) is 5.58. The molecule has 0 atom stereocenters. The molecule has 0 aliphatic rings. The maximum Gasteiger partial charge on any atom is 0.276 e. The molecular formula is C19H17Br2N3O2. The molecule has 1 heterocycles. The predicted molar refractivity (Wildman–Crippen MR) is 111 cm³/mol. The molecule has 0 saturated heterocycles. The maximum absolute atomic E-state index is 12.9. The second-order valence-electron chi connectivity index (χ2n) is 6.35. The summed E-state index contributed by atoms with van der Waals surface area (Å²) in [5.74, 6) is -0.125. The summed E-state index contributed by atoms with van der Waals surface area (Å²) in [5, 5.41) is 8.25. The third kappa shape index (κ3) is 3.88. The topological polar surface area (TPSA) is 64.0 Å². The molecule has 3 rings (SSSR count). The van der Waals surface area contributed by atoms with Crippen LogP contribution in [-0.2, 0) is 6.54 Å². The number of nitrogens with zero attached hydrogens (tertiary/aromatic N) is 2. The Morgan fingerprint density at radius 3 is 2.50 bits per heavy atom. The number of carbonyl (C=O) groups is 1. The Morgan fingerprint density at radius 1 is 1.15 bits per heavy atom. The van der Waals surface area contributed by atoms with E-state index in [1.807, 2.05) is 26.0 Å². The van der Waals surface area contributed by atoms with Crippen LogP contribution in [0.4, 0.5) is 5.69 Å². The van der Waals surface area contributed by atoms with E-state index in [-0.39, 0.29) is 23.1 Å². The Labute approximate surface area is 167 Å². The van der Waals surface area contributed by atoms with Gasteiger partial charge in [-0.1, -0.05) is 48.0 Å². The molecule has 1 N–H and O–H groups in total. The summed E-state index contributed by atoms with van der Waals surface area (Å²) in [6, 6.07) is 12.5. The van der Waals surface area contributed by atoms with Crippen molar-refractivity contribution in [2.75, 3.05) is 5.32 Å².